The number of halogens is 1. The Bertz CT molecular complexity index is 1240. The van der Waals surface area contributed by atoms with Gasteiger partial charge in [-0.25, -0.2) is 4.39 Å². The lowest BCUT2D eigenvalue weighted by Crippen LogP contribution is -2.10. The molecule has 0 aliphatic heterocycles. The zero-order chi connectivity index (χ0) is 25.5. The lowest BCUT2D eigenvalue weighted by Gasteiger charge is -2.18. The smallest absolute Gasteiger partial charge is 0.310 e. The number of ether oxygens (including phenoxy) is 2. The van der Waals surface area contributed by atoms with Crippen LogP contribution < -0.4 is 15.8 Å². The average Bonchev–Trinajstić information content (AvgIpc) is 3.71. The quantitative estimate of drug-likeness (QED) is 0.232. The minimum absolute atomic E-state index is 0.0897. The molecule has 0 spiro atoms. The Balaban J connectivity index is 1.67. The zero-order valence-electron chi connectivity index (χ0n) is 20.5. The second-order valence-electron chi connectivity index (χ2n) is 8.93. The monoisotopic (exact) mass is 489 g/mol. The van der Waals surface area contributed by atoms with Crippen molar-refractivity contribution in [3.63, 3.8) is 0 Å². The molecule has 188 valence electrons. The van der Waals surface area contributed by atoms with Crippen LogP contribution in [0.5, 0.6) is 5.75 Å². The van der Waals surface area contributed by atoms with Gasteiger partial charge in [0.25, 0.3) is 0 Å². The summed E-state index contributed by atoms with van der Waals surface area (Å²) in [6, 6.07) is 16.3. The molecule has 3 aromatic rings. The highest BCUT2D eigenvalue weighted by Crippen LogP contribution is 2.35. The molecule has 0 saturated heterocycles. The molecule has 0 bridgehead atoms. The zero-order valence-corrected chi connectivity index (χ0v) is 20.5. The van der Waals surface area contributed by atoms with Crippen molar-refractivity contribution >= 4 is 17.9 Å². The first-order valence-electron chi connectivity index (χ1n) is 12.3. The van der Waals surface area contributed by atoms with Crippen LogP contribution >= 0.6 is 0 Å². The highest BCUT2D eigenvalue weighted by atomic mass is 19.1. The Hall–Kier alpha value is -3.71. The molecule has 0 radical (unpaired) electrons. The van der Waals surface area contributed by atoms with E-state index in [1.807, 2.05) is 36.4 Å². The second-order valence-corrected chi connectivity index (χ2v) is 8.93. The predicted molar refractivity (Wildman–Crippen MR) is 140 cm³/mol. The van der Waals surface area contributed by atoms with E-state index in [1.54, 1.807) is 25.1 Å². The van der Waals surface area contributed by atoms with E-state index in [9.17, 15) is 4.79 Å². The molecule has 1 fully saturated rings. The Morgan fingerprint density at radius 3 is 2.64 bits per heavy atom. The van der Waals surface area contributed by atoms with Gasteiger partial charge in [0.2, 0.25) is 0 Å². The molecule has 1 aliphatic carbocycles. The lowest BCUT2D eigenvalue weighted by atomic mass is 9.94. The third-order valence-corrected chi connectivity index (χ3v) is 6.26. The molecule has 0 aromatic heterocycles. The largest absolute Gasteiger partial charge is 0.489 e. The minimum Gasteiger partial charge on any atom is -0.489 e. The topological polar surface area (TPSA) is 97.4 Å². The third kappa shape index (κ3) is 6.10. The molecule has 1 aliphatic rings. The van der Waals surface area contributed by atoms with Crippen LogP contribution in [0.25, 0.3) is 11.1 Å². The van der Waals surface area contributed by atoms with Crippen LogP contribution in [0.1, 0.15) is 42.0 Å². The van der Waals surface area contributed by atoms with Gasteiger partial charge in [-0.15, -0.1) is 0 Å². The highest BCUT2D eigenvalue weighted by molar-refractivity contribution is 5.96. The number of carbonyl (C=O) groups excluding carboxylic acids is 1. The molecule has 4 N–H and O–H groups in total. The van der Waals surface area contributed by atoms with Crippen LogP contribution in [0.3, 0.4) is 0 Å². The molecule has 0 amide bonds. The fraction of sp³-hybridized carbons (Fsp3) is 0.310. The normalized spacial score (nSPS) is 12.8. The maximum atomic E-state index is 15.3. The third-order valence-electron chi connectivity index (χ3n) is 6.26. The van der Waals surface area contributed by atoms with Crippen LogP contribution in [0, 0.1) is 17.1 Å². The standard InChI is InChI=1S/C29H32FN3O3/c1-2-35-28(34)14-21-6-3-4-9-27(21)36-18-20-12-24(23-8-5-7-22(15-31)29(23)30)25(16-32)26(13-20)33-17-19-10-11-19/h3-9,12-13,16,19,32-33H,2,10-11,14-15,17-18,31H2,1H3. The van der Waals surface area contributed by atoms with Gasteiger partial charge in [0, 0.05) is 47.2 Å². The number of esters is 1. The van der Waals surface area contributed by atoms with E-state index in [4.69, 9.17) is 20.6 Å². The maximum absolute atomic E-state index is 15.3. The summed E-state index contributed by atoms with van der Waals surface area (Å²) in [5.74, 6) is 0.521. The summed E-state index contributed by atoms with van der Waals surface area (Å²) < 4.78 is 26.5. The van der Waals surface area contributed by atoms with E-state index in [-0.39, 0.29) is 31.4 Å². The number of hydrogen-bond acceptors (Lipinski definition) is 6. The van der Waals surface area contributed by atoms with E-state index in [1.165, 1.54) is 19.1 Å². The maximum Gasteiger partial charge on any atom is 0.310 e. The summed E-state index contributed by atoms with van der Waals surface area (Å²) in [7, 11) is 0. The first-order valence-corrected chi connectivity index (χ1v) is 12.3. The fourth-order valence-electron chi connectivity index (χ4n) is 4.16. The van der Waals surface area contributed by atoms with Crippen LogP contribution in [0.15, 0.2) is 54.6 Å². The van der Waals surface area contributed by atoms with E-state index in [2.05, 4.69) is 5.32 Å². The van der Waals surface area contributed by atoms with Crippen LogP contribution in [0.2, 0.25) is 0 Å². The average molecular weight is 490 g/mol. The predicted octanol–water partition coefficient (Wildman–Crippen LogP) is 5.46. The number of hydrogen-bond donors (Lipinski definition) is 3. The van der Waals surface area contributed by atoms with Crippen LogP contribution in [-0.2, 0) is 29.1 Å². The van der Waals surface area contributed by atoms with E-state index < -0.39 is 0 Å². The summed E-state index contributed by atoms with van der Waals surface area (Å²) in [5, 5.41) is 11.6. The number of nitrogens with one attached hydrogen (secondary N) is 2. The first-order chi connectivity index (χ1) is 17.5. The summed E-state index contributed by atoms with van der Waals surface area (Å²) in [6.45, 7) is 3.20. The Morgan fingerprint density at radius 1 is 1.14 bits per heavy atom. The fourth-order valence-corrected chi connectivity index (χ4v) is 4.16. The van der Waals surface area contributed by atoms with Crippen molar-refractivity contribution < 1.29 is 18.7 Å². The van der Waals surface area contributed by atoms with Crippen molar-refractivity contribution in [3.8, 4) is 16.9 Å². The van der Waals surface area contributed by atoms with Gasteiger partial charge >= 0.3 is 5.97 Å². The number of rotatable bonds is 12. The van der Waals surface area contributed by atoms with Crippen molar-refractivity contribution in [1.82, 2.24) is 0 Å². The summed E-state index contributed by atoms with van der Waals surface area (Å²) in [6.07, 6.45) is 3.76. The van der Waals surface area contributed by atoms with Gasteiger partial charge in [0.1, 0.15) is 18.2 Å². The molecule has 0 atom stereocenters. The van der Waals surface area contributed by atoms with Gasteiger partial charge in [0.15, 0.2) is 0 Å². The van der Waals surface area contributed by atoms with Gasteiger partial charge in [-0.2, -0.15) is 0 Å². The van der Waals surface area contributed by atoms with Gasteiger partial charge in [0.05, 0.1) is 13.0 Å². The molecule has 36 heavy (non-hydrogen) atoms. The van der Waals surface area contributed by atoms with Crippen molar-refractivity contribution in [2.75, 3.05) is 18.5 Å². The van der Waals surface area contributed by atoms with Crippen molar-refractivity contribution in [3.05, 3.63) is 82.7 Å². The van der Waals surface area contributed by atoms with Crippen molar-refractivity contribution in [2.45, 2.75) is 39.3 Å². The number of anilines is 1. The van der Waals surface area contributed by atoms with Crippen molar-refractivity contribution in [1.29, 1.82) is 5.41 Å². The van der Waals surface area contributed by atoms with Gasteiger partial charge < -0.3 is 25.9 Å². The Morgan fingerprint density at radius 2 is 1.92 bits per heavy atom. The van der Waals surface area contributed by atoms with Crippen LogP contribution in [-0.4, -0.2) is 25.3 Å². The number of para-hydroxylation sites is 1. The summed E-state index contributed by atoms with van der Waals surface area (Å²) in [5.41, 5.74) is 10.1. The Kier molecular flexibility index (Phi) is 8.33. The molecular formula is C29H32FN3O3. The van der Waals surface area contributed by atoms with Gasteiger partial charge in [-0.1, -0.05) is 36.4 Å². The molecule has 0 unspecified atom stereocenters. The molecule has 3 aromatic carbocycles. The lowest BCUT2D eigenvalue weighted by molar-refractivity contribution is -0.142. The molecule has 1 saturated carbocycles. The minimum atomic E-state index is -0.380. The number of nitrogens with two attached hydrogens (primary N) is 1. The van der Waals surface area contributed by atoms with E-state index >= 15 is 4.39 Å². The number of benzene rings is 3. The molecule has 6 nitrogen and oxygen atoms in total. The highest BCUT2D eigenvalue weighted by Gasteiger charge is 2.22. The van der Waals surface area contributed by atoms with E-state index in [0.717, 1.165) is 23.4 Å². The Labute approximate surface area is 211 Å². The van der Waals surface area contributed by atoms with E-state index in [0.29, 0.717) is 40.5 Å². The summed E-state index contributed by atoms with van der Waals surface area (Å²) >= 11 is 0. The summed E-state index contributed by atoms with van der Waals surface area (Å²) in [4.78, 5) is 12.0. The molecule has 4 rings (SSSR count). The SMILES string of the molecule is CCOC(=O)Cc1ccccc1OCc1cc(NCC2CC2)c(C=N)c(-c2cccc(CN)c2F)c1. The second kappa shape index (κ2) is 11.8. The number of carbonyl (C=O) groups is 1. The molecule has 0 heterocycles. The van der Waals surface area contributed by atoms with Crippen LogP contribution in [0.4, 0.5) is 10.1 Å². The molecular weight excluding hydrogens is 457 g/mol. The van der Waals surface area contributed by atoms with Gasteiger partial charge in [-0.3, -0.25) is 4.79 Å². The van der Waals surface area contributed by atoms with Crippen molar-refractivity contribution in [2.24, 2.45) is 11.7 Å². The van der Waals surface area contributed by atoms with Gasteiger partial charge in [-0.05, 0) is 55.0 Å². The molecule has 7 heteroatoms. The first kappa shape index (κ1) is 25.4.